The lowest BCUT2D eigenvalue weighted by Crippen LogP contribution is -2.88. The Bertz CT molecular complexity index is 3600. The van der Waals surface area contributed by atoms with Crippen LogP contribution in [0.2, 0.25) is 0 Å². The van der Waals surface area contributed by atoms with Crippen LogP contribution in [-0.4, -0.2) is 0 Å². The first-order valence-corrected chi connectivity index (χ1v) is 25.1. The van der Waals surface area contributed by atoms with Gasteiger partial charge in [-0.3, -0.25) is 0 Å². The van der Waals surface area contributed by atoms with Gasteiger partial charge in [0.1, 0.15) is 0 Å². The molecule has 9 aromatic carbocycles. The van der Waals surface area contributed by atoms with Gasteiger partial charge in [-0.15, -0.1) is 0 Å². The van der Waals surface area contributed by atoms with Crippen molar-refractivity contribution in [1.82, 2.24) is 0 Å². The van der Waals surface area contributed by atoms with Crippen molar-refractivity contribution in [2.75, 3.05) is 4.90 Å². The predicted octanol–water partition coefficient (Wildman–Crippen LogP) is 15.5. The molecule has 2 spiro atoms. The zero-order valence-corrected chi connectivity index (χ0v) is 38.2. The summed E-state index contributed by atoms with van der Waals surface area (Å²) in [7, 11) is 0. The first-order valence-electron chi connectivity index (χ1n) is 25.1. The quantitative estimate of drug-likeness (QED) is 0.147. The van der Waals surface area contributed by atoms with Gasteiger partial charge in [-0.05, 0) is 169 Å². The van der Waals surface area contributed by atoms with Gasteiger partial charge in [-0.25, -0.2) is 0 Å². The van der Waals surface area contributed by atoms with Gasteiger partial charge < -0.3 is 4.90 Å². The lowest BCUT2D eigenvalue weighted by atomic mass is 9.11. The van der Waals surface area contributed by atoms with Gasteiger partial charge in [0, 0.05) is 22.2 Å². The standard InChI is InChI=1S/C67H51N/c1-3-15-43(16-4-1)44-29-31-45(32-30-44)46-33-36-52(37-34-46)68(62-28-12-9-23-57(62)58-25-14-20-48-19-13-24-54(65(48)58)47-17-5-2-6-18-47)61-27-11-8-21-53(61)49-35-38-56-55-22-7-10-26-59(55)67(60(56)39-49)63-41-50-40-51-42-64(67)66(50,51)63/h1-13,15-24,26-39,50-51,63-64H,14,25,40-42H2. The molecule has 0 N–H and O–H groups in total. The number of fused-ring (bicyclic) bond motifs is 8. The maximum Gasteiger partial charge on any atom is 0.0540 e. The van der Waals surface area contributed by atoms with Crippen LogP contribution >= 0.6 is 0 Å². The summed E-state index contributed by atoms with van der Waals surface area (Å²) in [5.41, 5.74) is 23.2. The average Bonchev–Trinajstić information content (AvgIpc) is 3.69. The van der Waals surface area contributed by atoms with Crippen molar-refractivity contribution >= 4 is 28.7 Å². The largest absolute Gasteiger partial charge is 0.309 e. The highest BCUT2D eigenvalue weighted by molar-refractivity contribution is 5.95. The minimum atomic E-state index is 0.157. The van der Waals surface area contributed by atoms with E-state index < -0.39 is 0 Å². The van der Waals surface area contributed by atoms with Crippen molar-refractivity contribution in [1.29, 1.82) is 0 Å². The van der Waals surface area contributed by atoms with Crippen LogP contribution in [0.25, 0.3) is 67.3 Å². The van der Waals surface area contributed by atoms with E-state index in [-0.39, 0.29) is 5.41 Å². The summed E-state index contributed by atoms with van der Waals surface area (Å²) < 4.78 is 0. The van der Waals surface area contributed by atoms with Crippen molar-refractivity contribution in [2.45, 2.75) is 37.5 Å². The van der Waals surface area contributed by atoms with Gasteiger partial charge in [0.2, 0.25) is 0 Å². The van der Waals surface area contributed by atoms with Gasteiger partial charge >= 0.3 is 0 Å². The van der Waals surface area contributed by atoms with Gasteiger partial charge in [0.25, 0.3) is 0 Å². The van der Waals surface area contributed by atoms with Crippen LogP contribution in [0.3, 0.4) is 0 Å². The maximum absolute atomic E-state index is 2.65. The molecule has 6 aliphatic rings. The molecule has 0 heterocycles. The Morgan fingerprint density at radius 2 is 0.912 bits per heavy atom. The van der Waals surface area contributed by atoms with E-state index in [1.54, 1.807) is 11.1 Å². The summed E-state index contributed by atoms with van der Waals surface area (Å²) in [6.07, 6.45) is 8.72. The summed E-state index contributed by atoms with van der Waals surface area (Å²) in [5.74, 6) is 3.53. The highest BCUT2D eigenvalue weighted by Gasteiger charge is 2.90. The normalized spacial score (nSPS) is 23.8. The molecule has 4 saturated carbocycles. The molecule has 0 bridgehead atoms. The molecule has 0 saturated heterocycles. The van der Waals surface area contributed by atoms with Crippen molar-refractivity contribution in [3.8, 4) is 55.6 Å². The summed E-state index contributed by atoms with van der Waals surface area (Å²) in [4.78, 5) is 2.57. The van der Waals surface area contributed by atoms with Crippen LogP contribution in [0, 0.1) is 29.1 Å². The smallest absolute Gasteiger partial charge is 0.0540 e. The van der Waals surface area contributed by atoms with E-state index >= 15 is 0 Å². The Labute approximate surface area is 399 Å². The van der Waals surface area contributed by atoms with E-state index in [4.69, 9.17) is 0 Å². The van der Waals surface area contributed by atoms with E-state index in [2.05, 4.69) is 229 Å². The Morgan fingerprint density at radius 1 is 0.382 bits per heavy atom. The van der Waals surface area contributed by atoms with E-state index in [0.29, 0.717) is 5.41 Å². The molecule has 0 radical (unpaired) electrons. The molecule has 4 fully saturated rings. The van der Waals surface area contributed by atoms with Gasteiger partial charge in [0.15, 0.2) is 0 Å². The third kappa shape index (κ3) is 5.12. The zero-order valence-electron chi connectivity index (χ0n) is 38.2. The van der Waals surface area contributed by atoms with Crippen molar-refractivity contribution in [3.63, 3.8) is 0 Å². The molecule has 1 heteroatoms. The van der Waals surface area contributed by atoms with Crippen LogP contribution in [-0.2, 0) is 5.41 Å². The first kappa shape index (κ1) is 38.6. The Balaban J connectivity index is 0.908. The summed E-state index contributed by atoms with van der Waals surface area (Å²) >= 11 is 0. The molecule has 324 valence electrons. The highest BCUT2D eigenvalue weighted by Crippen LogP contribution is 2.94. The van der Waals surface area contributed by atoms with Crippen LogP contribution < -0.4 is 15.3 Å². The number of nitrogens with zero attached hydrogens (tertiary/aromatic N) is 1. The predicted molar refractivity (Wildman–Crippen MR) is 281 cm³/mol. The number of benzene rings is 9. The molecule has 6 aliphatic carbocycles. The van der Waals surface area contributed by atoms with Crippen LogP contribution in [0.15, 0.2) is 218 Å². The number of hydrogen-bond donors (Lipinski definition) is 0. The third-order valence-electron chi connectivity index (χ3n) is 18.1. The second kappa shape index (κ2) is 14.5. The Kier molecular flexibility index (Phi) is 8.24. The molecule has 68 heavy (non-hydrogen) atoms. The number of para-hydroxylation sites is 2. The second-order valence-corrected chi connectivity index (χ2v) is 20.6. The van der Waals surface area contributed by atoms with Crippen molar-refractivity contribution < 1.29 is 0 Å². The molecular formula is C67H51N. The van der Waals surface area contributed by atoms with Crippen LogP contribution in [0.5, 0.6) is 0 Å². The van der Waals surface area contributed by atoms with E-state index in [9.17, 15) is 0 Å². The van der Waals surface area contributed by atoms with Gasteiger partial charge in [-0.2, -0.15) is 0 Å². The molecule has 4 unspecified atom stereocenters. The highest BCUT2D eigenvalue weighted by atomic mass is 15.1. The average molecular weight is 870 g/mol. The molecule has 9 aromatic rings. The maximum atomic E-state index is 2.65. The van der Waals surface area contributed by atoms with Crippen LogP contribution in [0.1, 0.15) is 48.8 Å². The molecule has 1 nitrogen and oxygen atoms in total. The van der Waals surface area contributed by atoms with E-state index in [1.165, 1.54) is 108 Å². The minimum absolute atomic E-state index is 0.157. The van der Waals surface area contributed by atoms with Gasteiger partial charge in [-0.1, -0.05) is 194 Å². The lowest BCUT2D eigenvalue weighted by Gasteiger charge is -2.92. The lowest BCUT2D eigenvalue weighted by molar-refractivity contribution is -0.412. The molecular weight excluding hydrogens is 819 g/mol. The van der Waals surface area contributed by atoms with Crippen molar-refractivity contribution in [3.05, 3.63) is 246 Å². The van der Waals surface area contributed by atoms with E-state index in [0.717, 1.165) is 42.2 Å². The monoisotopic (exact) mass is 869 g/mol. The molecule has 4 atom stereocenters. The minimum Gasteiger partial charge on any atom is -0.309 e. The topological polar surface area (TPSA) is 3.24 Å². The molecule has 0 aliphatic heterocycles. The SMILES string of the molecule is C1=c2cccc(-c3ccccc3)c2=C(c2ccccc2N(c2ccc(-c3ccc(-c4ccccc4)cc3)cc2)c2ccccc2-c2ccc3c(c2)C2(c4ccccc4-3)C3CC4CC5CC2C453)CC1. The van der Waals surface area contributed by atoms with Crippen LogP contribution in [0.4, 0.5) is 17.1 Å². The number of rotatable bonds is 8. The fourth-order valence-corrected chi connectivity index (χ4v) is 15.4. The Morgan fingerprint density at radius 3 is 1.60 bits per heavy atom. The fraction of sp³-hybridized carbons (Fsp3) is 0.164. The zero-order chi connectivity index (χ0) is 44.6. The van der Waals surface area contributed by atoms with E-state index in [1.807, 2.05) is 0 Å². The second-order valence-electron chi connectivity index (χ2n) is 20.6. The fourth-order valence-electron chi connectivity index (χ4n) is 15.4. The third-order valence-corrected chi connectivity index (χ3v) is 18.1. The first-order chi connectivity index (χ1) is 33.7. The molecule has 0 aromatic heterocycles. The number of hydrogen-bond acceptors (Lipinski definition) is 1. The molecule has 0 amide bonds. The van der Waals surface area contributed by atoms with Gasteiger partial charge in [0.05, 0.1) is 11.4 Å². The number of anilines is 3. The summed E-state index contributed by atoms with van der Waals surface area (Å²) in [6.45, 7) is 0. The Hall–Kier alpha value is -7.48. The molecule has 15 rings (SSSR count). The summed E-state index contributed by atoms with van der Waals surface area (Å²) in [5, 5.41) is 2.67. The van der Waals surface area contributed by atoms with Crippen molar-refractivity contribution in [2.24, 2.45) is 29.1 Å². The summed E-state index contributed by atoms with van der Waals surface area (Å²) in [6, 6.07) is 82.3.